The van der Waals surface area contributed by atoms with Crippen molar-refractivity contribution in [3.63, 3.8) is 0 Å². The van der Waals surface area contributed by atoms with Crippen LogP contribution in [-0.4, -0.2) is 88.0 Å². The molecular weight excluding hydrogens is 437 g/mol. The highest BCUT2D eigenvalue weighted by Crippen LogP contribution is 2.31. The molecule has 32 heavy (non-hydrogen) atoms. The van der Waals surface area contributed by atoms with E-state index in [0.717, 1.165) is 31.8 Å². The Morgan fingerprint density at radius 2 is 1.97 bits per heavy atom. The van der Waals surface area contributed by atoms with Gasteiger partial charge in [0.25, 0.3) is 0 Å². The van der Waals surface area contributed by atoms with Crippen LogP contribution in [0.5, 0.6) is 0 Å². The van der Waals surface area contributed by atoms with Gasteiger partial charge >= 0.3 is 5.97 Å². The lowest BCUT2D eigenvalue weighted by Crippen LogP contribution is -2.58. The van der Waals surface area contributed by atoms with Gasteiger partial charge in [-0.1, -0.05) is 11.6 Å². The van der Waals surface area contributed by atoms with Crippen molar-refractivity contribution in [3.05, 3.63) is 28.8 Å². The minimum atomic E-state index is -1.02. The average molecular weight is 466 g/mol. The van der Waals surface area contributed by atoms with Crippen LogP contribution in [0, 0.1) is 5.82 Å². The van der Waals surface area contributed by atoms with E-state index in [0.29, 0.717) is 22.6 Å². The van der Waals surface area contributed by atoms with Crippen molar-refractivity contribution in [2.24, 2.45) is 0 Å². The highest BCUT2D eigenvalue weighted by Gasteiger charge is 2.43. The molecule has 2 bridgehead atoms. The summed E-state index contributed by atoms with van der Waals surface area (Å²) in [5.74, 6) is -0.183. The molecule has 2 saturated heterocycles. The molecule has 2 aliphatic heterocycles. The van der Waals surface area contributed by atoms with Gasteiger partial charge in [0.2, 0.25) is 5.91 Å². The van der Waals surface area contributed by atoms with Crippen molar-refractivity contribution in [3.8, 4) is 0 Å². The zero-order valence-corrected chi connectivity index (χ0v) is 19.6. The van der Waals surface area contributed by atoms with Crippen LogP contribution in [0.4, 0.5) is 4.39 Å². The van der Waals surface area contributed by atoms with E-state index in [4.69, 9.17) is 16.3 Å². The van der Waals surface area contributed by atoms with Gasteiger partial charge < -0.3 is 14.6 Å². The molecule has 3 heterocycles. The van der Waals surface area contributed by atoms with Gasteiger partial charge in [0.05, 0.1) is 30.7 Å². The van der Waals surface area contributed by atoms with E-state index in [1.54, 1.807) is 20.9 Å². The number of H-pyrrole nitrogens is 1. The van der Waals surface area contributed by atoms with Crippen LogP contribution in [-0.2, 0) is 20.9 Å². The largest absolute Gasteiger partial charge is 0.467 e. The second-order valence-corrected chi connectivity index (χ2v) is 9.63. The van der Waals surface area contributed by atoms with Gasteiger partial charge in [-0.05, 0) is 38.8 Å². The number of hydrogen-bond acceptors (Lipinski definition) is 6. The third kappa shape index (κ3) is 4.21. The summed E-state index contributed by atoms with van der Waals surface area (Å²) in [5.41, 5.74) is 0.148. The molecule has 2 unspecified atom stereocenters. The monoisotopic (exact) mass is 465 g/mol. The predicted octanol–water partition coefficient (Wildman–Crippen LogP) is 2.41. The molecule has 8 nitrogen and oxygen atoms in total. The second-order valence-electron chi connectivity index (χ2n) is 9.22. The Bertz CT molecular complexity index is 1030. The summed E-state index contributed by atoms with van der Waals surface area (Å²) in [5, 5.41) is 0.296. The van der Waals surface area contributed by atoms with Gasteiger partial charge in [0.15, 0.2) is 0 Å². The number of nitrogens with one attached hydrogen (secondary N) is 1. The summed E-state index contributed by atoms with van der Waals surface area (Å²) in [6.07, 6.45) is 2.05. The van der Waals surface area contributed by atoms with E-state index >= 15 is 0 Å². The molecule has 2 atom stereocenters. The molecule has 10 heteroatoms. The molecule has 174 valence electrons. The normalized spacial score (nSPS) is 21.8. The number of methoxy groups -OCH3 is 1. The lowest BCUT2D eigenvalue weighted by molar-refractivity contribution is -0.159. The number of hydrogen-bond donors (Lipinski definition) is 1. The first kappa shape index (κ1) is 22.9. The van der Waals surface area contributed by atoms with Gasteiger partial charge in [0.1, 0.15) is 22.7 Å². The number of amides is 1. The minimum Gasteiger partial charge on any atom is -0.467 e. The van der Waals surface area contributed by atoms with Gasteiger partial charge in [-0.15, -0.1) is 0 Å². The number of ether oxygens (including phenoxy) is 1. The van der Waals surface area contributed by atoms with Crippen molar-refractivity contribution in [2.45, 2.75) is 50.9 Å². The zero-order chi connectivity index (χ0) is 23.2. The lowest BCUT2D eigenvalue weighted by atomic mass is 10.0. The van der Waals surface area contributed by atoms with Crippen LogP contribution in [0.1, 0.15) is 32.5 Å². The molecule has 0 saturated carbocycles. The minimum absolute atomic E-state index is 0.0975. The van der Waals surface area contributed by atoms with Crippen molar-refractivity contribution < 1.29 is 18.7 Å². The molecule has 0 aliphatic carbocycles. The number of imidazole rings is 1. The lowest BCUT2D eigenvalue weighted by Gasteiger charge is -2.42. The molecule has 2 fully saturated rings. The van der Waals surface area contributed by atoms with E-state index in [9.17, 15) is 14.0 Å². The molecule has 0 spiro atoms. The van der Waals surface area contributed by atoms with E-state index in [-0.39, 0.29) is 24.5 Å². The predicted molar refractivity (Wildman–Crippen MR) is 119 cm³/mol. The summed E-state index contributed by atoms with van der Waals surface area (Å²) in [6, 6.07) is 3.19. The second kappa shape index (κ2) is 8.61. The number of nitrogens with zero attached hydrogens (tertiary/aromatic N) is 4. The number of carbonyl (C=O) groups is 2. The first-order valence-corrected chi connectivity index (χ1v) is 11.1. The maximum absolute atomic E-state index is 13.6. The molecule has 4 rings (SSSR count). The topological polar surface area (TPSA) is 81.8 Å². The fraction of sp³-hybridized carbons (Fsp3) is 0.591. The molecule has 0 radical (unpaired) electrons. The number of benzene rings is 1. The van der Waals surface area contributed by atoms with Crippen LogP contribution >= 0.6 is 11.6 Å². The Hall–Kier alpha value is -2.23. The van der Waals surface area contributed by atoms with Gasteiger partial charge in [-0.2, -0.15) is 0 Å². The van der Waals surface area contributed by atoms with E-state index in [2.05, 4.69) is 19.8 Å². The summed E-state index contributed by atoms with van der Waals surface area (Å²) < 4.78 is 18.5. The van der Waals surface area contributed by atoms with E-state index in [1.807, 2.05) is 0 Å². The maximum Gasteiger partial charge on any atom is 0.331 e. The quantitative estimate of drug-likeness (QED) is 0.660. The molecule has 2 aromatic rings. The van der Waals surface area contributed by atoms with Gasteiger partial charge in [-0.3, -0.25) is 14.6 Å². The molecule has 1 aromatic heterocycles. The van der Waals surface area contributed by atoms with Crippen LogP contribution < -0.4 is 0 Å². The standard InChI is InChI=1S/C22H29ClFN5O3/c1-22(2,21(31)32-4)27(3)19(30)12-29-14-5-6-15(29)10-28(9-14)11-18-25-17-8-13(24)7-16(23)20(17)26-18/h7-8,14-15H,5-6,9-12H2,1-4H3,(H,25,26). The summed E-state index contributed by atoms with van der Waals surface area (Å²) in [6.45, 7) is 5.89. The fourth-order valence-electron chi connectivity index (χ4n) is 4.81. The highest BCUT2D eigenvalue weighted by molar-refractivity contribution is 6.34. The smallest absolute Gasteiger partial charge is 0.331 e. The molecule has 2 aliphatic rings. The van der Waals surface area contributed by atoms with E-state index < -0.39 is 17.3 Å². The summed E-state index contributed by atoms with van der Waals surface area (Å²) in [7, 11) is 2.97. The average Bonchev–Trinajstić information content (AvgIpc) is 3.23. The number of carbonyl (C=O) groups excluding carboxylic acids is 2. The van der Waals surface area contributed by atoms with Crippen LogP contribution in [0.15, 0.2) is 12.1 Å². The first-order chi connectivity index (χ1) is 15.1. The molecular formula is C22H29ClFN5O3. The van der Waals surface area contributed by atoms with Crippen LogP contribution in [0.25, 0.3) is 11.0 Å². The van der Waals surface area contributed by atoms with Crippen molar-refractivity contribution >= 4 is 34.5 Å². The molecule has 1 aromatic carbocycles. The van der Waals surface area contributed by atoms with Crippen molar-refractivity contribution in [1.29, 1.82) is 0 Å². The Morgan fingerprint density at radius 3 is 2.59 bits per heavy atom. The third-order valence-corrected chi connectivity index (χ3v) is 7.14. The number of likely N-dealkylation sites (N-methyl/N-ethyl adjacent to an activating group) is 1. The number of fused-ring (bicyclic) bond motifs is 3. The number of aromatic amines is 1. The van der Waals surface area contributed by atoms with Crippen LogP contribution in [0.3, 0.4) is 0 Å². The van der Waals surface area contributed by atoms with Crippen LogP contribution in [0.2, 0.25) is 5.02 Å². The fourth-order valence-corrected chi connectivity index (χ4v) is 5.05. The Morgan fingerprint density at radius 1 is 1.31 bits per heavy atom. The highest BCUT2D eigenvalue weighted by atomic mass is 35.5. The van der Waals surface area contributed by atoms with Crippen molar-refractivity contribution in [1.82, 2.24) is 24.7 Å². The third-order valence-electron chi connectivity index (χ3n) is 6.85. The summed E-state index contributed by atoms with van der Waals surface area (Å²) in [4.78, 5) is 38.8. The number of likely N-dealkylation sites (tertiary alicyclic amines) is 1. The Kier molecular flexibility index (Phi) is 6.17. The number of halogens is 2. The summed E-state index contributed by atoms with van der Waals surface area (Å²) >= 11 is 6.12. The van der Waals surface area contributed by atoms with Crippen molar-refractivity contribution in [2.75, 3.05) is 33.8 Å². The molecule has 1 amide bonds. The van der Waals surface area contributed by atoms with Gasteiger partial charge in [0, 0.05) is 32.2 Å². The zero-order valence-electron chi connectivity index (χ0n) is 18.8. The maximum atomic E-state index is 13.6. The number of rotatable bonds is 6. The van der Waals surface area contributed by atoms with Gasteiger partial charge in [-0.25, -0.2) is 14.2 Å². The number of aromatic nitrogens is 2. The first-order valence-electron chi connectivity index (χ1n) is 10.8. The SMILES string of the molecule is COC(=O)C(C)(C)N(C)C(=O)CN1C2CCC1CN(Cc1nc3c(Cl)cc(F)cc3[nH]1)C2. The molecule has 1 N–H and O–H groups in total. The Balaban J connectivity index is 1.40. The van der Waals surface area contributed by atoms with E-state index in [1.165, 1.54) is 24.1 Å². The number of piperazine rings is 1. The number of esters is 1. The Labute approximate surface area is 191 Å².